The molecule has 2 atom stereocenters. The minimum Gasteiger partial charge on any atom is -0.292 e. The first kappa shape index (κ1) is 12.2. The molecule has 0 bridgehead atoms. The van der Waals surface area contributed by atoms with Gasteiger partial charge >= 0.3 is 0 Å². The van der Waals surface area contributed by atoms with Crippen molar-refractivity contribution in [1.29, 1.82) is 0 Å². The number of nitrogens with zero attached hydrogens (tertiary/aromatic N) is 1. The van der Waals surface area contributed by atoms with Crippen LogP contribution in [0.5, 0.6) is 0 Å². The summed E-state index contributed by atoms with van der Waals surface area (Å²) in [6, 6.07) is 2.81. The second kappa shape index (κ2) is 5.39. The van der Waals surface area contributed by atoms with Crippen LogP contribution in [-0.4, -0.2) is 10.8 Å². The Bertz CT molecular complexity index is 388. The van der Waals surface area contributed by atoms with Crippen LogP contribution in [-0.2, 0) is 0 Å². The third-order valence-corrected chi connectivity index (χ3v) is 3.75. The van der Waals surface area contributed by atoms with Gasteiger partial charge in [0.2, 0.25) is 0 Å². The fourth-order valence-electron chi connectivity index (χ4n) is 2.75. The first-order valence-electron chi connectivity index (χ1n) is 6.38. The molecule has 1 aliphatic rings. The van der Waals surface area contributed by atoms with Gasteiger partial charge in [-0.1, -0.05) is 26.2 Å². The quantitative estimate of drug-likeness (QED) is 0.749. The number of Topliss-reactive ketones (excluding diaryl/α,β-unsaturated/α-hetero) is 1. The molecule has 1 aromatic rings. The van der Waals surface area contributed by atoms with E-state index in [1.165, 1.54) is 18.6 Å². The highest BCUT2D eigenvalue weighted by Crippen LogP contribution is 2.34. The van der Waals surface area contributed by atoms with Crippen molar-refractivity contribution in [3.63, 3.8) is 0 Å². The largest absolute Gasteiger partial charge is 0.292 e. The highest BCUT2D eigenvalue weighted by Gasteiger charge is 2.30. The van der Waals surface area contributed by atoms with E-state index >= 15 is 0 Å². The van der Waals surface area contributed by atoms with E-state index in [1.807, 2.05) is 0 Å². The van der Waals surface area contributed by atoms with Crippen molar-refractivity contribution in [2.24, 2.45) is 11.8 Å². The first-order chi connectivity index (χ1) is 8.22. The normalized spacial score (nSPS) is 24.6. The van der Waals surface area contributed by atoms with Crippen LogP contribution in [0.4, 0.5) is 4.39 Å². The summed E-state index contributed by atoms with van der Waals surface area (Å²) >= 11 is 0. The number of rotatable bonds is 3. The molecular formula is C14H18FNO. The van der Waals surface area contributed by atoms with Gasteiger partial charge in [-0.05, 0) is 30.9 Å². The maximum atomic E-state index is 12.8. The number of hydrogen-bond acceptors (Lipinski definition) is 2. The minimum absolute atomic E-state index is 0.0895. The second-order valence-electron chi connectivity index (χ2n) is 4.79. The Morgan fingerprint density at radius 2 is 2.18 bits per heavy atom. The Balaban J connectivity index is 2.15. The van der Waals surface area contributed by atoms with E-state index in [0.717, 1.165) is 31.9 Å². The van der Waals surface area contributed by atoms with Gasteiger partial charge in [0.1, 0.15) is 11.5 Å². The lowest BCUT2D eigenvalue weighted by atomic mass is 9.75. The molecule has 0 saturated heterocycles. The summed E-state index contributed by atoms with van der Waals surface area (Å²) < 4.78 is 12.8. The molecule has 1 saturated carbocycles. The second-order valence-corrected chi connectivity index (χ2v) is 4.79. The van der Waals surface area contributed by atoms with Gasteiger partial charge in [0.05, 0.1) is 6.20 Å². The van der Waals surface area contributed by atoms with Crippen molar-refractivity contribution in [3.05, 3.63) is 29.8 Å². The number of carbonyl (C=O) groups is 1. The van der Waals surface area contributed by atoms with Crippen LogP contribution in [0.3, 0.4) is 0 Å². The Kier molecular flexibility index (Phi) is 3.87. The van der Waals surface area contributed by atoms with Crippen LogP contribution in [0.15, 0.2) is 18.3 Å². The van der Waals surface area contributed by atoms with Gasteiger partial charge in [-0.2, -0.15) is 0 Å². The molecule has 0 N–H and O–H groups in total. The summed E-state index contributed by atoms with van der Waals surface area (Å²) in [6.45, 7) is 2.13. The highest BCUT2D eigenvalue weighted by molar-refractivity contribution is 5.96. The lowest BCUT2D eigenvalue weighted by molar-refractivity contribution is 0.0815. The lowest BCUT2D eigenvalue weighted by Gasteiger charge is -2.29. The SMILES string of the molecule is CCC1CCCCC1C(=O)c1ccc(F)cn1. The number of pyridine rings is 1. The van der Waals surface area contributed by atoms with Gasteiger partial charge in [-0.3, -0.25) is 9.78 Å². The van der Waals surface area contributed by atoms with Crippen molar-refractivity contribution in [2.75, 3.05) is 0 Å². The van der Waals surface area contributed by atoms with E-state index in [9.17, 15) is 9.18 Å². The number of hydrogen-bond donors (Lipinski definition) is 0. The number of halogens is 1. The Labute approximate surface area is 101 Å². The van der Waals surface area contributed by atoms with E-state index in [1.54, 1.807) is 0 Å². The molecule has 1 heterocycles. The maximum Gasteiger partial charge on any atom is 0.184 e. The van der Waals surface area contributed by atoms with Crippen LogP contribution in [0, 0.1) is 17.7 Å². The summed E-state index contributed by atoms with van der Waals surface area (Å²) in [6.07, 6.45) is 6.59. The standard InChI is InChI=1S/C14H18FNO/c1-2-10-5-3-4-6-12(10)14(17)13-8-7-11(15)9-16-13/h7-10,12H,2-6H2,1H3. The molecular weight excluding hydrogens is 217 g/mol. The highest BCUT2D eigenvalue weighted by atomic mass is 19.1. The fourth-order valence-corrected chi connectivity index (χ4v) is 2.75. The average Bonchev–Trinajstić information content (AvgIpc) is 2.39. The third-order valence-electron chi connectivity index (χ3n) is 3.75. The molecule has 17 heavy (non-hydrogen) atoms. The molecule has 0 aromatic carbocycles. The fraction of sp³-hybridized carbons (Fsp3) is 0.571. The van der Waals surface area contributed by atoms with Crippen molar-refractivity contribution >= 4 is 5.78 Å². The predicted octanol–water partition coefficient (Wildman–Crippen LogP) is 3.62. The smallest absolute Gasteiger partial charge is 0.184 e. The molecule has 3 heteroatoms. The van der Waals surface area contributed by atoms with Crippen LogP contribution in [0.1, 0.15) is 49.5 Å². The van der Waals surface area contributed by atoms with Gasteiger partial charge < -0.3 is 0 Å². The maximum absolute atomic E-state index is 12.8. The number of aromatic nitrogens is 1. The Hall–Kier alpha value is -1.25. The van der Waals surface area contributed by atoms with Crippen molar-refractivity contribution in [3.8, 4) is 0 Å². The van der Waals surface area contributed by atoms with Gasteiger partial charge in [0.15, 0.2) is 5.78 Å². The number of carbonyl (C=O) groups excluding carboxylic acids is 1. The predicted molar refractivity (Wildman–Crippen MR) is 64.3 cm³/mol. The summed E-state index contributed by atoms with van der Waals surface area (Å²) in [4.78, 5) is 16.2. The lowest BCUT2D eigenvalue weighted by Crippen LogP contribution is -2.27. The van der Waals surface area contributed by atoms with Crippen LogP contribution >= 0.6 is 0 Å². The Morgan fingerprint density at radius 1 is 1.41 bits per heavy atom. The van der Waals surface area contributed by atoms with Crippen LogP contribution in [0.2, 0.25) is 0 Å². The summed E-state index contributed by atoms with van der Waals surface area (Å²) in [5.41, 5.74) is 0.414. The van der Waals surface area contributed by atoms with E-state index in [0.29, 0.717) is 11.6 Å². The molecule has 1 fully saturated rings. The molecule has 2 nitrogen and oxygen atoms in total. The molecule has 0 radical (unpaired) electrons. The molecule has 92 valence electrons. The van der Waals surface area contributed by atoms with Crippen molar-refractivity contribution < 1.29 is 9.18 Å². The van der Waals surface area contributed by atoms with E-state index in [-0.39, 0.29) is 11.7 Å². The van der Waals surface area contributed by atoms with Crippen molar-refractivity contribution in [1.82, 2.24) is 4.98 Å². The molecule has 0 amide bonds. The zero-order valence-electron chi connectivity index (χ0n) is 10.2. The van der Waals surface area contributed by atoms with Gasteiger partial charge in [0.25, 0.3) is 0 Å². The van der Waals surface area contributed by atoms with Gasteiger partial charge in [-0.15, -0.1) is 0 Å². The molecule has 0 spiro atoms. The molecule has 0 aliphatic heterocycles. The van der Waals surface area contributed by atoms with E-state index in [4.69, 9.17) is 0 Å². The Morgan fingerprint density at radius 3 is 2.82 bits per heavy atom. The van der Waals surface area contributed by atoms with Crippen molar-refractivity contribution in [2.45, 2.75) is 39.0 Å². The summed E-state index contributed by atoms with van der Waals surface area (Å²) in [5, 5.41) is 0. The third kappa shape index (κ3) is 2.71. The van der Waals surface area contributed by atoms with E-state index in [2.05, 4.69) is 11.9 Å². The summed E-state index contributed by atoms with van der Waals surface area (Å²) in [7, 11) is 0. The van der Waals surface area contributed by atoms with Crippen LogP contribution in [0.25, 0.3) is 0 Å². The number of ketones is 1. The van der Waals surface area contributed by atoms with Gasteiger partial charge in [0, 0.05) is 5.92 Å². The zero-order chi connectivity index (χ0) is 12.3. The average molecular weight is 235 g/mol. The topological polar surface area (TPSA) is 30.0 Å². The van der Waals surface area contributed by atoms with Crippen LogP contribution < -0.4 is 0 Å². The van der Waals surface area contributed by atoms with E-state index < -0.39 is 5.82 Å². The minimum atomic E-state index is -0.391. The summed E-state index contributed by atoms with van der Waals surface area (Å²) in [5.74, 6) is 0.267. The molecule has 2 unspecified atom stereocenters. The molecule has 1 aromatic heterocycles. The molecule has 2 rings (SSSR count). The zero-order valence-corrected chi connectivity index (χ0v) is 10.2. The first-order valence-corrected chi connectivity index (χ1v) is 6.38. The molecule has 1 aliphatic carbocycles. The van der Waals surface area contributed by atoms with Gasteiger partial charge in [-0.25, -0.2) is 4.39 Å². The monoisotopic (exact) mass is 235 g/mol.